The maximum Gasteiger partial charge on any atom is 0.0400 e. The highest BCUT2D eigenvalue weighted by Crippen LogP contribution is 2.36. The number of anilines is 1. The van der Waals surface area contributed by atoms with Crippen LogP contribution < -0.4 is 5.73 Å². The molecule has 0 unspecified atom stereocenters. The van der Waals surface area contributed by atoms with Crippen LogP contribution in [-0.2, 0) is 0 Å². The van der Waals surface area contributed by atoms with Crippen molar-refractivity contribution in [1.29, 1.82) is 0 Å². The molecule has 2 N–H and O–H groups in total. The van der Waals surface area contributed by atoms with Crippen molar-refractivity contribution < 1.29 is 0 Å². The molecule has 1 heteroatoms. The van der Waals surface area contributed by atoms with E-state index < -0.39 is 0 Å². The molecular formula is C54H43N. The Balaban J connectivity index is 0.000000127. The average Bonchev–Trinajstić information content (AvgIpc) is 3.28. The molecule has 9 aromatic carbocycles. The van der Waals surface area contributed by atoms with Crippen LogP contribution in [-0.4, -0.2) is 0 Å². The van der Waals surface area contributed by atoms with Gasteiger partial charge in [-0.25, -0.2) is 0 Å². The van der Waals surface area contributed by atoms with E-state index in [0.29, 0.717) is 0 Å². The molecule has 0 amide bonds. The van der Waals surface area contributed by atoms with Gasteiger partial charge in [-0.2, -0.15) is 0 Å². The smallest absolute Gasteiger partial charge is 0.0400 e. The summed E-state index contributed by atoms with van der Waals surface area (Å²) in [5.41, 5.74) is 21.8. The van der Waals surface area contributed by atoms with Gasteiger partial charge in [-0.05, 0) is 67.3 Å². The number of hydrogen-bond donors (Lipinski definition) is 1. The second-order valence-corrected chi connectivity index (χ2v) is 13.1. The second-order valence-electron chi connectivity index (χ2n) is 13.1. The molecule has 0 aliphatic rings. The third-order valence-electron chi connectivity index (χ3n) is 9.44. The summed E-state index contributed by atoms with van der Waals surface area (Å²) in [7, 11) is 0. The molecule has 0 aliphatic carbocycles. The first kappa shape index (κ1) is 36.2. The zero-order valence-electron chi connectivity index (χ0n) is 30.7. The van der Waals surface area contributed by atoms with Gasteiger partial charge in [0, 0.05) is 11.3 Å². The van der Waals surface area contributed by atoms with Gasteiger partial charge >= 0.3 is 0 Å². The Kier molecular flexibility index (Phi) is 12.2. The second kappa shape index (κ2) is 18.5. The molecule has 0 bridgehead atoms. The Morgan fingerprint density at radius 1 is 0.182 bits per heavy atom. The van der Waals surface area contributed by atoms with Crippen LogP contribution in [0.5, 0.6) is 0 Å². The predicted octanol–water partition coefficient (Wildman–Crippen LogP) is 14.6. The molecule has 1 nitrogen and oxygen atoms in total. The van der Waals surface area contributed by atoms with E-state index in [4.69, 9.17) is 5.73 Å². The topological polar surface area (TPSA) is 26.0 Å². The van der Waals surface area contributed by atoms with Crippen molar-refractivity contribution in [2.45, 2.75) is 0 Å². The molecule has 0 saturated heterocycles. The maximum atomic E-state index is 6.19. The molecule has 9 rings (SSSR count). The Morgan fingerprint density at radius 2 is 0.400 bits per heavy atom. The van der Waals surface area contributed by atoms with E-state index >= 15 is 0 Å². The number of nitrogens with two attached hydrogens (primary N) is 1. The molecule has 9 aromatic rings. The molecule has 0 aliphatic heterocycles. The van der Waals surface area contributed by atoms with Crippen LogP contribution in [0.1, 0.15) is 0 Å². The fraction of sp³-hybridized carbons (Fsp3) is 0. The van der Waals surface area contributed by atoms with Crippen molar-refractivity contribution in [2.75, 3.05) is 5.73 Å². The van der Waals surface area contributed by atoms with E-state index in [-0.39, 0.29) is 0 Å². The molecule has 0 spiro atoms. The van der Waals surface area contributed by atoms with E-state index in [1.54, 1.807) is 0 Å². The maximum absolute atomic E-state index is 6.19. The normalized spacial score (nSPS) is 10.3. The van der Waals surface area contributed by atoms with E-state index in [2.05, 4.69) is 200 Å². The lowest BCUT2D eigenvalue weighted by Crippen LogP contribution is -1.93. The van der Waals surface area contributed by atoms with Gasteiger partial charge in [-0.1, -0.05) is 243 Å². The van der Waals surface area contributed by atoms with E-state index in [1.165, 1.54) is 55.6 Å². The van der Waals surface area contributed by atoms with Crippen molar-refractivity contribution >= 4 is 5.69 Å². The van der Waals surface area contributed by atoms with Gasteiger partial charge in [0.25, 0.3) is 0 Å². The SMILES string of the molecule is Nc1cccc(-c2ccccc2)c1-c1ccccc1.c1ccc(-c2ccccc2-c2ccccc2)cc1.c1ccc(-c2ccccc2-c2ccccc2)cc1. The standard InChI is InChI=1S/C18H15N.2C18H14/c19-17-13-7-12-16(14-8-3-1-4-9-14)18(17)15-10-5-2-6-11-15;2*1-3-9-15(10-4-1)17-13-7-8-14-18(17)16-11-5-2-6-12-16/h1-13H,19H2;2*1-14H. The van der Waals surface area contributed by atoms with Gasteiger partial charge in [-0.3, -0.25) is 0 Å². The molecule has 0 fully saturated rings. The highest BCUT2D eigenvalue weighted by Gasteiger charge is 2.10. The van der Waals surface area contributed by atoms with Crippen LogP contribution in [0.4, 0.5) is 5.69 Å². The van der Waals surface area contributed by atoms with Gasteiger partial charge in [0.1, 0.15) is 0 Å². The predicted molar refractivity (Wildman–Crippen MR) is 236 cm³/mol. The summed E-state index contributed by atoms with van der Waals surface area (Å²) in [5.74, 6) is 0. The van der Waals surface area contributed by atoms with Crippen LogP contribution in [0.3, 0.4) is 0 Å². The largest absolute Gasteiger partial charge is 0.398 e. The molecule has 0 heterocycles. The first-order valence-corrected chi connectivity index (χ1v) is 18.7. The van der Waals surface area contributed by atoms with Crippen molar-refractivity contribution in [2.24, 2.45) is 0 Å². The van der Waals surface area contributed by atoms with Crippen LogP contribution in [0.15, 0.2) is 249 Å². The zero-order chi connectivity index (χ0) is 37.5. The summed E-state index contributed by atoms with van der Waals surface area (Å²) in [5, 5.41) is 0. The number of benzene rings is 9. The minimum Gasteiger partial charge on any atom is -0.398 e. The fourth-order valence-electron chi connectivity index (χ4n) is 6.80. The lowest BCUT2D eigenvalue weighted by Gasteiger charge is -2.13. The Hall–Kier alpha value is -7.22. The first-order chi connectivity index (χ1) is 27.3. The first-order valence-electron chi connectivity index (χ1n) is 18.7. The van der Waals surface area contributed by atoms with Crippen LogP contribution in [0.25, 0.3) is 66.8 Å². The van der Waals surface area contributed by atoms with Crippen LogP contribution in [0, 0.1) is 0 Å². The minimum atomic E-state index is 0.813. The number of nitrogen functional groups attached to an aromatic ring is 1. The van der Waals surface area contributed by atoms with Crippen LogP contribution in [0.2, 0.25) is 0 Å². The zero-order valence-corrected chi connectivity index (χ0v) is 30.7. The minimum absolute atomic E-state index is 0.813. The van der Waals surface area contributed by atoms with Gasteiger partial charge in [0.15, 0.2) is 0 Å². The van der Waals surface area contributed by atoms with Gasteiger partial charge in [0.05, 0.1) is 0 Å². The highest BCUT2D eigenvalue weighted by molar-refractivity contribution is 5.91. The van der Waals surface area contributed by atoms with Crippen molar-refractivity contribution in [3.63, 3.8) is 0 Å². The van der Waals surface area contributed by atoms with Crippen molar-refractivity contribution in [3.05, 3.63) is 249 Å². The lowest BCUT2D eigenvalue weighted by molar-refractivity contribution is 1.58. The summed E-state index contributed by atoms with van der Waals surface area (Å²) in [6.45, 7) is 0. The molecule has 55 heavy (non-hydrogen) atoms. The van der Waals surface area contributed by atoms with Gasteiger partial charge < -0.3 is 5.73 Å². The summed E-state index contributed by atoms with van der Waals surface area (Å²) in [6, 6.07) is 85.9. The molecule has 0 radical (unpaired) electrons. The number of hydrogen-bond acceptors (Lipinski definition) is 1. The van der Waals surface area contributed by atoms with Crippen LogP contribution >= 0.6 is 0 Å². The van der Waals surface area contributed by atoms with Gasteiger partial charge in [-0.15, -0.1) is 0 Å². The number of rotatable bonds is 6. The molecule has 0 saturated carbocycles. The quantitative estimate of drug-likeness (QED) is 0.171. The van der Waals surface area contributed by atoms with E-state index in [1.807, 2.05) is 48.5 Å². The van der Waals surface area contributed by atoms with E-state index in [9.17, 15) is 0 Å². The van der Waals surface area contributed by atoms with Gasteiger partial charge in [0.2, 0.25) is 0 Å². The highest BCUT2D eigenvalue weighted by atomic mass is 14.6. The van der Waals surface area contributed by atoms with E-state index in [0.717, 1.165) is 16.8 Å². The Bertz CT molecular complexity index is 2260. The summed E-state index contributed by atoms with van der Waals surface area (Å²) in [6.07, 6.45) is 0. The lowest BCUT2D eigenvalue weighted by atomic mass is 9.93. The molecular weight excluding hydrogens is 663 g/mol. The molecule has 0 atom stereocenters. The Morgan fingerprint density at radius 3 is 0.691 bits per heavy atom. The summed E-state index contributed by atoms with van der Waals surface area (Å²) in [4.78, 5) is 0. The summed E-state index contributed by atoms with van der Waals surface area (Å²) >= 11 is 0. The molecule has 264 valence electrons. The third kappa shape index (κ3) is 9.24. The van der Waals surface area contributed by atoms with Crippen molar-refractivity contribution in [1.82, 2.24) is 0 Å². The average molecular weight is 706 g/mol. The summed E-state index contributed by atoms with van der Waals surface area (Å²) < 4.78 is 0. The monoisotopic (exact) mass is 705 g/mol. The fourth-order valence-corrected chi connectivity index (χ4v) is 6.80. The molecule has 0 aromatic heterocycles. The van der Waals surface area contributed by atoms with Crippen molar-refractivity contribution in [3.8, 4) is 66.8 Å². The third-order valence-corrected chi connectivity index (χ3v) is 9.44. The Labute approximate surface area is 325 Å².